The number of fused-ring (bicyclic) bond motifs is 1. The molecule has 2 aromatic rings. The molecule has 0 unspecified atom stereocenters. The molecule has 0 aromatic heterocycles. The summed E-state index contributed by atoms with van der Waals surface area (Å²) in [6, 6.07) is 14.0. The Morgan fingerprint density at radius 1 is 1.11 bits per heavy atom. The molecule has 0 radical (unpaired) electrons. The number of nitrogens with one attached hydrogen (secondary N) is 2. The highest BCUT2D eigenvalue weighted by Crippen LogP contribution is 2.22. The van der Waals surface area contributed by atoms with Gasteiger partial charge in [0.15, 0.2) is 0 Å². The van der Waals surface area contributed by atoms with Gasteiger partial charge in [-0.1, -0.05) is 43.3 Å². The van der Waals surface area contributed by atoms with Gasteiger partial charge in [-0.2, -0.15) is 0 Å². The number of hydrogen-bond acceptors (Lipinski definition) is 2. The van der Waals surface area contributed by atoms with Gasteiger partial charge < -0.3 is 10.6 Å². The lowest BCUT2D eigenvalue weighted by atomic mass is 10.1. The molecule has 3 heteroatoms. The minimum absolute atomic E-state index is 0.0484. The molecule has 2 N–H and O–H groups in total. The number of rotatable bonds is 5. The van der Waals surface area contributed by atoms with Crippen molar-refractivity contribution in [3.8, 4) is 0 Å². The topological polar surface area (TPSA) is 41.1 Å². The third kappa shape index (κ3) is 3.08. The first-order valence-electron chi connectivity index (χ1n) is 6.29. The lowest BCUT2D eigenvalue weighted by molar-refractivity contribution is -0.116. The third-order valence-corrected chi connectivity index (χ3v) is 2.84. The van der Waals surface area contributed by atoms with Crippen LogP contribution in [0, 0.1) is 0 Å². The molecule has 0 saturated heterocycles. The van der Waals surface area contributed by atoms with Gasteiger partial charge in [0.25, 0.3) is 0 Å². The second kappa shape index (κ2) is 6.17. The molecule has 0 fully saturated rings. The maximum Gasteiger partial charge on any atom is 0.225 e. The third-order valence-electron chi connectivity index (χ3n) is 2.84. The zero-order valence-electron chi connectivity index (χ0n) is 10.6. The van der Waals surface area contributed by atoms with E-state index in [1.165, 1.54) is 0 Å². The van der Waals surface area contributed by atoms with Gasteiger partial charge >= 0.3 is 0 Å². The Hall–Kier alpha value is -1.87. The molecule has 94 valence electrons. The van der Waals surface area contributed by atoms with Crippen molar-refractivity contribution in [2.45, 2.75) is 13.3 Å². The Kier molecular flexibility index (Phi) is 4.31. The van der Waals surface area contributed by atoms with Crippen LogP contribution in [0.5, 0.6) is 0 Å². The molecule has 0 aliphatic rings. The number of anilines is 1. The molecule has 0 saturated carbocycles. The van der Waals surface area contributed by atoms with Crippen molar-refractivity contribution in [1.82, 2.24) is 5.32 Å². The zero-order chi connectivity index (χ0) is 12.8. The Morgan fingerprint density at radius 3 is 2.72 bits per heavy atom. The van der Waals surface area contributed by atoms with E-state index in [-0.39, 0.29) is 5.91 Å². The lowest BCUT2D eigenvalue weighted by Gasteiger charge is -2.08. The Bertz CT molecular complexity index is 532. The van der Waals surface area contributed by atoms with Crippen LogP contribution in [0.25, 0.3) is 10.8 Å². The van der Waals surface area contributed by atoms with E-state index >= 15 is 0 Å². The van der Waals surface area contributed by atoms with Crippen molar-refractivity contribution in [3.63, 3.8) is 0 Å². The molecule has 2 rings (SSSR count). The summed E-state index contributed by atoms with van der Waals surface area (Å²) in [6.45, 7) is 3.64. The summed E-state index contributed by atoms with van der Waals surface area (Å²) in [4.78, 5) is 11.8. The van der Waals surface area contributed by atoms with Gasteiger partial charge in [0.1, 0.15) is 0 Å². The first-order chi connectivity index (χ1) is 8.81. The largest absolute Gasteiger partial charge is 0.325 e. The van der Waals surface area contributed by atoms with Crippen molar-refractivity contribution in [2.24, 2.45) is 0 Å². The van der Waals surface area contributed by atoms with Crippen LogP contribution in [0.15, 0.2) is 42.5 Å². The fourth-order valence-electron chi connectivity index (χ4n) is 1.93. The van der Waals surface area contributed by atoms with E-state index in [2.05, 4.69) is 10.6 Å². The molecule has 0 heterocycles. The summed E-state index contributed by atoms with van der Waals surface area (Å²) in [5.41, 5.74) is 0.884. The van der Waals surface area contributed by atoms with Crippen LogP contribution in [0.1, 0.15) is 13.3 Å². The van der Waals surface area contributed by atoms with Gasteiger partial charge in [0.05, 0.1) is 0 Å². The molecule has 0 spiro atoms. The van der Waals surface area contributed by atoms with E-state index < -0.39 is 0 Å². The average Bonchev–Trinajstić information content (AvgIpc) is 2.39. The molecule has 0 aliphatic heterocycles. The minimum atomic E-state index is 0.0484. The van der Waals surface area contributed by atoms with Crippen LogP contribution in [0.4, 0.5) is 5.69 Å². The van der Waals surface area contributed by atoms with Crippen LogP contribution in [0.2, 0.25) is 0 Å². The highest BCUT2D eigenvalue weighted by Gasteiger charge is 2.04. The van der Waals surface area contributed by atoms with Crippen molar-refractivity contribution in [1.29, 1.82) is 0 Å². The molecule has 18 heavy (non-hydrogen) atoms. The van der Waals surface area contributed by atoms with Gasteiger partial charge in [-0.05, 0) is 18.0 Å². The molecule has 1 amide bonds. The fraction of sp³-hybridized carbons (Fsp3) is 0.267. The van der Waals surface area contributed by atoms with Crippen LogP contribution in [-0.2, 0) is 4.79 Å². The molecule has 0 aliphatic carbocycles. The van der Waals surface area contributed by atoms with E-state index in [4.69, 9.17) is 0 Å². The highest BCUT2D eigenvalue weighted by atomic mass is 16.1. The Morgan fingerprint density at radius 2 is 1.89 bits per heavy atom. The van der Waals surface area contributed by atoms with Gasteiger partial charge in [-0.15, -0.1) is 0 Å². The maximum absolute atomic E-state index is 11.8. The summed E-state index contributed by atoms with van der Waals surface area (Å²) in [5.74, 6) is 0.0484. The summed E-state index contributed by atoms with van der Waals surface area (Å²) in [7, 11) is 0. The predicted molar refractivity (Wildman–Crippen MR) is 75.7 cm³/mol. The maximum atomic E-state index is 11.8. The average molecular weight is 242 g/mol. The summed E-state index contributed by atoms with van der Waals surface area (Å²) < 4.78 is 0. The first-order valence-corrected chi connectivity index (χ1v) is 6.29. The normalized spacial score (nSPS) is 10.5. The van der Waals surface area contributed by atoms with E-state index in [0.29, 0.717) is 13.0 Å². The summed E-state index contributed by atoms with van der Waals surface area (Å²) >= 11 is 0. The van der Waals surface area contributed by atoms with Crippen molar-refractivity contribution in [3.05, 3.63) is 42.5 Å². The Balaban J connectivity index is 2.09. The summed E-state index contributed by atoms with van der Waals surface area (Å²) in [6.07, 6.45) is 0.497. The zero-order valence-corrected chi connectivity index (χ0v) is 10.6. The molecular weight excluding hydrogens is 224 g/mol. The van der Waals surface area contributed by atoms with Crippen LogP contribution < -0.4 is 10.6 Å². The molecule has 3 nitrogen and oxygen atoms in total. The summed E-state index contributed by atoms with van der Waals surface area (Å²) in [5, 5.41) is 8.33. The number of carbonyl (C=O) groups excluding carboxylic acids is 1. The smallest absolute Gasteiger partial charge is 0.225 e. The number of carbonyl (C=O) groups is 1. The van der Waals surface area contributed by atoms with Gasteiger partial charge in [-0.3, -0.25) is 4.79 Å². The predicted octanol–water partition coefficient (Wildman–Crippen LogP) is 2.78. The monoisotopic (exact) mass is 242 g/mol. The van der Waals surface area contributed by atoms with Crippen molar-refractivity contribution >= 4 is 22.4 Å². The molecule has 0 atom stereocenters. The van der Waals surface area contributed by atoms with Crippen molar-refractivity contribution < 1.29 is 4.79 Å². The first kappa shape index (κ1) is 12.6. The van der Waals surface area contributed by atoms with E-state index in [0.717, 1.165) is 23.0 Å². The molecular formula is C15H18N2O. The van der Waals surface area contributed by atoms with Crippen molar-refractivity contribution in [2.75, 3.05) is 18.4 Å². The second-order valence-electron chi connectivity index (χ2n) is 4.18. The van der Waals surface area contributed by atoms with Gasteiger partial charge in [0, 0.05) is 24.0 Å². The highest BCUT2D eigenvalue weighted by molar-refractivity contribution is 6.02. The number of benzene rings is 2. The van der Waals surface area contributed by atoms with Gasteiger partial charge in [-0.25, -0.2) is 0 Å². The fourth-order valence-corrected chi connectivity index (χ4v) is 1.93. The number of amides is 1. The van der Waals surface area contributed by atoms with Gasteiger partial charge in [0.2, 0.25) is 5.91 Å². The van der Waals surface area contributed by atoms with E-state index in [9.17, 15) is 4.79 Å². The standard InChI is InChI=1S/C15H18N2O/c1-2-16-11-10-15(18)17-14-9-5-7-12-6-3-4-8-13(12)14/h3-9,16H,2,10-11H2,1H3,(H,17,18). The van der Waals surface area contributed by atoms with E-state index in [1.807, 2.05) is 49.4 Å². The van der Waals surface area contributed by atoms with Crippen LogP contribution in [0.3, 0.4) is 0 Å². The minimum Gasteiger partial charge on any atom is -0.325 e. The second-order valence-corrected chi connectivity index (χ2v) is 4.18. The Labute approximate surface area is 107 Å². The lowest BCUT2D eigenvalue weighted by Crippen LogP contribution is -2.21. The van der Waals surface area contributed by atoms with Crippen LogP contribution in [-0.4, -0.2) is 19.0 Å². The molecule has 2 aromatic carbocycles. The SMILES string of the molecule is CCNCCC(=O)Nc1cccc2ccccc12. The molecule has 0 bridgehead atoms. The van der Waals surface area contributed by atoms with Crippen LogP contribution >= 0.6 is 0 Å². The number of hydrogen-bond donors (Lipinski definition) is 2. The van der Waals surface area contributed by atoms with E-state index in [1.54, 1.807) is 0 Å². The quantitative estimate of drug-likeness (QED) is 0.792.